The van der Waals surface area contributed by atoms with Crippen molar-refractivity contribution in [1.82, 2.24) is 4.98 Å². The van der Waals surface area contributed by atoms with E-state index in [0.29, 0.717) is 22.8 Å². The number of halogens is 1. The molecule has 146 valence electrons. The number of thiazole rings is 1. The van der Waals surface area contributed by atoms with E-state index in [-0.39, 0.29) is 5.97 Å². The normalized spacial score (nSPS) is 11.0. The Bertz CT molecular complexity index is 1050. The minimum absolute atomic E-state index is 0.338. The molecular formula is C22H18BrN3O2S. The summed E-state index contributed by atoms with van der Waals surface area (Å²) in [7, 11) is 0. The van der Waals surface area contributed by atoms with Crippen molar-refractivity contribution in [1.29, 1.82) is 5.26 Å². The first-order valence-electron chi connectivity index (χ1n) is 8.96. The van der Waals surface area contributed by atoms with Crippen molar-refractivity contribution in [3.8, 4) is 17.3 Å². The molecule has 1 N–H and O–H groups in total. The van der Waals surface area contributed by atoms with Crippen LogP contribution in [0.15, 0.2) is 64.6 Å². The van der Waals surface area contributed by atoms with Gasteiger partial charge in [-0.3, -0.25) is 0 Å². The molecule has 3 aromatic rings. The predicted octanol–water partition coefficient (Wildman–Crippen LogP) is 6.12. The number of nitriles is 1. The number of benzene rings is 2. The van der Waals surface area contributed by atoms with Crippen LogP contribution >= 0.6 is 27.3 Å². The molecule has 2 aromatic carbocycles. The number of allylic oxidation sites excluding steroid dienone is 1. The Morgan fingerprint density at radius 2 is 1.97 bits per heavy atom. The second kappa shape index (κ2) is 10.0. The van der Waals surface area contributed by atoms with E-state index in [1.165, 1.54) is 11.3 Å². The van der Waals surface area contributed by atoms with E-state index in [2.05, 4.69) is 32.3 Å². The molecule has 0 aliphatic carbocycles. The zero-order valence-electron chi connectivity index (χ0n) is 15.7. The highest BCUT2D eigenvalue weighted by molar-refractivity contribution is 9.10. The third-order valence-corrected chi connectivity index (χ3v) is 5.34. The van der Waals surface area contributed by atoms with Gasteiger partial charge in [-0.15, -0.1) is 11.3 Å². The Kier molecular flexibility index (Phi) is 7.17. The van der Waals surface area contributed by atoms with Gasteiger partial charge in [-0.1, -0.05) is 35.0 Å². The van der Waals surface area contributed by atoms with E-state index < -0.39 is 0 Å². The minimum Gasteiger partial charge on any atom is -0.462 e. The molecule has 0 unspecified atom stereocenters. The summed E-state index contributed by atoms with van der Waals surface area (Å²) in [6.45, 7) is 2.35. The fourth-order valence-corrected chi connectivity index (χ4v) is 3.49. The van der Waals surface area contributed by atoms with Crippen molar-refractivity contribution in [2.75, 3.05) is 11.9 Å². The predicted molar refractivity (Wildman–Crippen MR) is 119 cm³/mol. The zero-order chi connectivity index (χ0) is 20.6. The van der Waals surface area contributed by atoms with E-state index in [4.69, 9.17) is 4.74 Å². The number of hydrogen-bond donors (Lipinski definition) is 1. The van der Waals surface area contributed by atoms with Gasteiger partial charge in [0.05, 0.1) is 17.9 Å². The molecule has 1 heterocycles. The second-order valence-electron chi connectivity index (χ2n) is 6.07. The summed E-state index contributed by atoms with van der Waals surface area (Å²) in [5.41, 5.74) is 3.51. The first kappa shape index (κ1) is 20.8. The first-order chi connectivity index (χ1) is 14.1. The molecule has 7 heteroatoms. The lowest BCUT2D eigenvalue weighted by molar-refractivity contribution is 0.0505. The van der Waals surface area contributed by atoms with Crippen LogP contribution in [0.5, 0.6) is 0 Å². The number of anilines is 1. The summed E-state index contributed by atoms with van der Waals surface area (Å²) < 4.78 is 6.11. The van der Waals surface area contributed by atoms with Gasteiger partial charge in [-0.25, -0.2) is 9.78 Å². The monoisotopic (exact) mass is 467 g/mol. The Morgan fingerprint density at radius 1 is 1.24 bits per heavy atom. The minimum atomic E-state index is -0.338. The van der Waals surface area contributed by atoms with Gasteiger partial charge < -0.3 is 10.1 Å². The molecular weight excluding hydrogens is 450 g/mol. The third kappa shape index (κ3) is 5.53. The van der Waals surface area contributed by atoms with Gasteiger partial charge in [0.15, 0.2) is 0 Å². The molecule has 0 atom stereocenters. The highest BCUT2D eigenvalue weighted by atomic mass is 79.9. The molecule has 0 saturated carbocycles. The number of aromatic nitrogens is 1. The fourth-order valence-electron chi connectivity index (χ4n) is 2.43. The number of ether oxygens (including phenoxy) is 1. The van der Waals surface area contributed by atoms with Gasteiger partial charge in [-0.05, 0) is 42.8 Å². The van der Waals surface area contributed by atoms with E-state index >= 15 is 0 Å². The molecule has 0 spiro atoms. The zero-order valence-corrected chi connectivity index (χ0v) is 18.1. The maximum atomic E-state index is 11.8. The molecule has 0 saturated heterocycles. The molecule has 1 aromatic heterocycles. The fraction of sp³-hybridized carbons (Fsp3) is 0.136. The molecule has 0 fully saturated rings. The highest BCUT2D eigenvalue weighted by Crippen LogP contribution is 2.27. The van der Waals surface area contributed by atoms with E-state index in [1.54, 1.807) is 30.5 Å². The number of nitrogens with one attached hydrogen (secondary N) is 1. The van der Waals surface area contributed by atoms with Crippen LogP contribution in [0.1, 0.15) is 28.7 Å². The lowest BCUT2D eigenvalue weighted by Crippen LogP contribution is -2.05. The number of rotatable bonds is 7. The maximum Gasteiger partial charge on any atom is 0.338 e. The molecule has 0 radical (unpaired) electrons. The molecule has 0 bridgehead atoms. The molecule has 29 heavy (non-hydrogen) atoms. The summed E-state index contributed by atoms with van der Waals surface area (Å²) >= 11 is 4.84. The lowest BCUT2D eigenvalue weighted by atomic mass is 10.2. The number of carbonyl (C=O) groups is 1. The average molecular weight is 468 g/mol. The number of carbonyl (C=O) groups excluding carboxylic acids is 1. The second-order valence-corrected chi connectivity index (χ2v) is 7.85. The Labute approximate surface area is 181 Å². The molecule has 0 aliphatic rings. The van der Waals surface area contributed by atoms with Gasteiger partial charge >= 0.3 is 5.97 Å². The van der Waals surface area contributed by atoms with Gasteiger partial charge in [0.1, 0.15) is 16.6 Å². The lowest BCUT2D eigenvalue weighted by Gasteiger charge is -2.05. The van der Waals surface area contributed by atoms with Gasteiger partial charge in [0.25, 0.3) is 0 Å². The Balaban J connectivity index is 1.70. The summed E-state index contributed by atoms with van der Waals surface area (Å²) in [5, 5.41) is 15.2. The molecule has 5 nitrogen and oxygen atoms in total. The molecule has 0 amide bonds. The number of hydrogen-bond acceptors (Lipinski definition) is 6. The van der Waals surface area contributed by atoms with Crippen LogP contribution in [-0.4, -0.2) is 17.6 Å². The average Bonchev–Trinajstić information content (AvgIpc) is 3.23. The van der Waals surface area contributed by atoms with Crippen molar-refractivity contribution in [3.63, 3.8) is 0 Å². The smallest absolute Gasteiger partial charge is 0.338 e. The van der Waals surface area contributed by atoms with Crippen LogP contribution in [0.3, 0.4) is 0 Å². The molecule has 0 aliphatic heterocycles. The summed E-state index contributed by atoms with van der Waals surface area (Å²) in [4.78, 5) is 16.4. The standard InChI is InChI=1S/C22H18BrN3O2S/c1-2-11-28-22(27)16-5-9-19(10-6-16)25-13-17(12-24)21-26-20(14-29-21)15-3-7-18(23)8-4-15/h3-10,13-14,25H,2,11H2,1H3. The van der Waals surface area contributed by atoms with Crippen LogP contribution in [-0.2, 0) is 4.74 Å². The summed E-state index contributed by atoms with van der Waals surface area (Å²) in [5.74, 6) is -0.338. The van der Waals surface area contributed by atoms with Crippen LogP contribution in [0.2, 0.25) is 0 Å². The van der Waals surface area contributed by atoms with Crippen molar-refractivity contribution in [2.24, 2.45) is 0 Å². The van der Waals surface area contributed by atoms with Gasteiger partial charge in [0, 0.05) is 27.3 Å². The topological polar surface area (TPSA) is 75.0 Å². The van der Waals surface area contributed by atoms with Crippen LogP contribution in [0.4, 0.5) is 5.69 Å². The Morgan fingerprint density at radius 3 is 2.62 bits per heavy atom. The van der Waals surface area contributed by atoms with Crippen molar-refractivity contribution < 1.29 is 9.53 Å². The van der Waals surface area contributed by atoms with Crippen LogP contribution in [0, 0.1) is 11.3 Å². The van der Waals surface area contributed by atoms with Crippen LogP contribution in [0.25, 0.3) is 16.8 Å². The Hall–Kier alpha value is -2.95. The van der Waals surface area contributed by atoms with Gasteiger partial charge in [-0.2, -0.15) is 5.26 Å². The number of esters is 1. The largest absolute Gasteiger partial charge is 0.462 e. The number of nitrogens with zero attached hydrogens (tertiary/aromatic N) is 2. The van der Waals surface area contributed by atoms with Crippen molar-refractivity contribution in [2.45, 2.75) is 13.3 Å². The van der Waals surface area contributed by atoms with Crippen molar-refractivity contribution >= 4 is 44.5 Å². The summed E-state index contributed by atoms with van der Waals surface area (Å²) in [6, 6.07) is 17.0. The van der Waals surface area contributed by atoms with E-state index in [9.17, 15) is 10.1 Å². The van der Waals surface area contributed by atoms with E-state index in [1.807, 2.05) is 36.6 Å². The van der Waals surface area contributed by atoms with Crippen molar-refractivity contribution in [3.05, 3.63) is 75.2 Å². The maximum absolute atomic E-state index is 11.8. The summed E-state index contributed by atoms with van der Waals surface area (Å²) in [6.07, 6.45) is 2.40. The van der Waals surface area contributed by atoms with Crippen LogP contribution < -0.4 is 5.32 Å². The first-order valence-corrected chi connectivity index (χ1v) is 10.6. The van der Waals surface area contributed by atoms with Gasteiger partial charge in [0.2, 0.25) is 0 Å². The SMILES string of the molecule is CCCOC(=O)c1ccc(NC=C(C#N)c2nc(-c3ccc(Br)cc3)cs2)cc1. The molecule has 3 rings (SSSR count). The van der Waals surface area contributed by atoms with E-state index in [0.717, 1.165) is 27.8 Å². The third-order valence-electron chi connectivity index (χ3n) is 3.94. The quantitative estimate of drug-likeness (QED) is 0.334. The highest BCUT2D eigenvalue weighted by Gasteiger charge is 2.10.